The van der Waals surface area contributed by atoms with Crippen LogP contribution in [0.4, 0.5) is 0 Å². The SMILES string of the molecule is CCC1CCCCC1n1ccc(I)n1. The second-order valence-electron chi connectivity index (χ2n) is 4.14. The maximum Gasteiger partial charge on any atom is 0.123 e. The van der Waals surface area contributed by atoms with Crippen molar-refractivity contribution in [1.82, 2.24) is 9.78 Å². The van der Waals surface area contributed by atoms with E-state index in [2.05, 4.69) is 51.6 Å². The van der Waals surface area contributed by atoms with Gasteiger partial charge in [-0.3, -0.25) is 4.68 Å². The molecular formula is C11H17IN2. The van der Waals surface area contributed by atoms with E-state index < -0.39 is 0 Å². The Bertz CT molecular complexity index is 295. The normalized spacial score (nSPS) is 27.9. The van der Waals surface area contributed by atoms with E-state index in [1.165, 1.54) is 32.1 Å². The van der Waals surface area contributed by atoms with Crippen molar-refractivity contribution >= 4 is 22.6 Å². The van der Waals surface area contributed by atoms with E-state index in [1.807, 2.05) is 0 Å². The minimum absolute atomic E-state index is 0.664. The Hall–Kier alpha value is -0.0600. The van der Waals surface area contributed by atoms with Crippen molar-refractivity contribution < 1.29 is 0 Å². The zero-order valence-corrected chi connectivity index (χ0v) is 10.8. The molecule has 2 atom stereocenters. The number of aromatic nitrogens is 2. The molecule has 1 saturated carbocycles. The number of hydrogen-bond donors (Lipinski definition) is 0. The van der Waals surface area contributed by atoms with Crippen LogP contribution in [0.2, 0.25) is 0 Å². The highest BCUT2D eigenvalue weighted by Crippen LogP contribution is 2.35. The van der Waals surface area contributed by atoms with E-state index >= 15 is 0 Å². The molecule has 0 aromatic carbocycles. The molecule has 1 aromatic heterocycles. The Kier molecular flexibility index (Phi) is 3.47. The highest BCUT2D eigenvalue weighted by Gasteiger charge is 2.25. The Balaban J connectivity index is 2.14. The summed E-state index contributed by atoms with van der Waals surface area (Å²) < 4.78 is 3.30. The first-order valence-corrected chi connectivity index (χ1v) is 6.59. The second kappa shape index (κ2) is 4.64. The van der Waals surface area contributed by atoms with Gasteiger partial charge in [0, 0.05) is 6.20 Å². The Morgan fingerprint density at radius 3 is 2.93 bits per heavy atom. The molecule has 2 nitrogen and oxygen atoms in total. The average molecular weight is 304 g/mol. The van der Waals surface area contributed by atoms with Crippen LogP contribution in [0.1, 0.15) is 45.1 Å². The van der Waals surface area contributed by atoms with Gasteiger partial charge in [-0.25, -0.2) is 0 Å². The monoisotopic (exact) mass is 304 g/mol. The van der Waals surface area contributed by atoms with Crippen LogP contribution < -0.4 is 0 Å². The lowest BCUT2D eigenvalue weighted by Gasteiger charge is -2.30. The molecule has 78 valence electrons. The summed E-state index contributed by atoms with van der Waals surface area (Å²) in [7, 11) is 0. The van der Waals surface area contributed by atoms with Crippen molar-refractivity contribution in [2.45, 2.75) is 45.1 Å². The molecular weight excluding hydrogens is 287 g/mol. The topological polar surface area (TPSA) is 17.8 Å². The third-order valence-electron chi connectivity index (χ3n) is 3.31. The molecule has 1 aliphatic rings. The summed E-state index contributed by atoms with van der Waals surface area (Å²) in [4.78, 5) is 0. The molecule has 0 amide bonds. The van der Waals surface area contributed by atoms with Crippen molar-refractivity contribution in [2.75, 3.05) is 0 Å². The molecule has 2 rings (SSSR count). The minimum Gasteiger partial charge on any atom is -0.268 e. The lowest BCUT2D eigenvalue weighted by Crippen LogP contribution is -2.23. The molecule has 1 aliphatic carbocycles. The zero-order valence-electron chi connectivity index (χ0n) is 8.62. The molecule has 2 unspecified atom stereocenters. The van der Waals surface area contributed by atoms with Gasteiger partial charge in [-0.1, -0.05) is 26.2 Å². The smallest absolute Gasteiger partial charge is 0.123 e. The van der Waals surface area contributed by atoms with E-state index in [4.69, 9.17) is 0 Å². The first-order valence-electron chi connectivity index (χ1n) is 5.52. The Labute approximate surface area is 99.2 Å². The number of halogens is 1. The van der Waals surface area contributed by atoms with Gasteiger partial charge in [0.25, 0.3) is 0 Å². The molecule has 0 saturated heterocycles. The first kappa shape index (κ1) is 10.5. The third kappa shape index (κ3) is 2.12. The standard InChI is InChI=1S/C11H17IN2/c1-2-9-5-3-4-6-10(9)14-8-7-11(12)13-14/h7-10H,2-6H2,1H3. The summed E-state index contributed by atoms with van der Waals surface area (Å²) >= 11 is 2.28. The third-order valence-corrected chi connectivity index (χ3v) is 3.88. The maximum absolute atomic E-state index is 4.54. The highest BCUT2D eigenvalue weighted by atomic mass is 127. The van der Waals surface area contributed by atoms with E-state index in [0.717, 1.165) is 9.62 Å². The van der Waals surface area contributed by atoms with E-state index in [9.17, 15) is 0 Å². The molecule has 0 spiro atoms. The van der Waals surface area contributed by atoms with Gasteiger partial charge in [0.05, 0.1) is 6.04 Å². The van der Waals surface area contributed by atoms with Crippen LogP contribution in [0, 0.1) is 9.62 Å². The van der Waals surface area contributed by atoms with Crippen molar-refractivity contribution in [3.8, 4) is 0 Å². The highest BCUT2D eigenvalue weighted by molar-refractivity contribution is 14.1. The van der Waals surface area contributed by atoms with Crippen LogP contribution in [0.25, 0.3) is 0 Å². The molecule has 1 fully saturated rings. The zero-order chi connectivity index (χ0) is 9.97. The van der Waals surface area contributed by atoms with Crippen molar-refractivity contribution in [3.63, 3.8) is 0 Å². The van der Waals surface area contributed by atoms with Gasteiger partial charge in [0.1, 0.15) is 3.70 Å². The van der Waals surface area contributed by atoms with Crippen LogP contribution >= 0.6 is 22.6 Å². The van der Waals surface area contributed by atoms with Gasteiger partial charge in [-0.05, 0) is 47.4 Å². The Morgan fingerprint density at radius 1 is 1.50 bits per heavy atom. The fourth-order valence-electron chi connectivity index (χ4n) is 2.51. The fourth-order valence-corrected chi connectivity index (χ4v) is 2.92. The first-order chi connectivity index (χ1) is 6.81. The van der Waals surface area contributed by atoms with Crippen LogP contribution in [0.15, 0.2) is 12.3 Å². The van der Waals surface area contributed by atoms with Crippen LogP contribution in [0.3, 0.4) is 0 Å². The number of nitrogens with zero attached hydrogens (tertiary/aromatic N) is 2. The van der Waals surface area contributed by atoms with Crippen molar-refractivity contribution in [3.05, 3.63) is 16.0 Å². The summed E-state index contributed by atoms with van der Waals surface area (Å²) in [5.74, 6) is 0.847. The lowest BCUT2D eigenvalue weighted by atomic mass is 9.83. The van der Waals surface area contributed by atoms with E-state index in [0.29, 0.717) is 6.04 Å². The molecule has 3 heteroatoms. The van der Waals surface area contributed by atoms with Gasteiger partial charge in [0.15, 0.2) is 0 Å². The molecule has 1 heterocycles. The average Bonchev–Trinajstić information content (AvgIpc) is 2.65. The van der Waals surface area contributed by atoms with E-state index in [1.54, 1.807) is 0 Å². The molecule has 1 aromatic rings. The maximum atomic E-state index is 4.54. The van der Waals surface area contributed by atoms with Crippen molar-refractivity contribution in [2.24, 2.45) is 5.92 Å². The summed E-state index contributed by atoms with van der Waals surface area (Å²) in [6.07, 6.45) is 8.92. The molecule has 0 aliphatic heterocycles. The van der Waals surface area contributed by atoms with Crippen LogP contribution in [0.5, 0.6) is 0 Å². The number of rotatable bonds is 2. The predicted octanol–water partition coefficient (Wildman–Crippen LogP) is 3.63. The summed E-state index contributed by atoms with van der Waals surface area (Å²) in [5.41, 5.74) is 0. The number of hydrogen-bond acceptors (Lipinski definition) is 1. The summed E-state index contributed by atoms with van der Waals surface area (Å²) in [6, 6.07) is 2.76. The fraction of sp³-hybridized carbons (Fsp3) is 0.727. The Morgan fingerprint density at radius 2 is 2.29 bits per heavy atom. The lowest BCUT2D eigenvalue weighted by molar-refractivity contribution is 0.217. The van der Waals surface area contributed by atoms with Gasteiger partial charge >= 0.3 is 0 Å². The molecule has 0 radical (unpaired) electrons. The summed E-state index contributed by atoms with van der Waals surface area (Å²) in [6.45, 7) is 2.30. The van der Waals surface area contributed by atoms with Crippen molar-refractivity contribution in [1.29, 1.82) is 0 Å². The van der Waals surface area contributed by atoms with Gasteiger partial charge in [-0.2, -0.15) is 5.10 Å². The van der Waals surface area contributed by atoms with Gasteiger partial charge < -0.3 is 0 Å². The minimum atomic E-state index is 0.664. The molecule has 0 bridgehead atoms. The van der Waals surface area contributed by atoms with Crippen LogP contribution in [-0.4, -0.2) is 9.78 Å². The van der Waals surface area contributed by atoms with E-state index in [-0.39, 0.29) is 0 Å². The largest absolute Gasteiger partial charge is 0.268 e. The summed E-state index contributed by atoms with van der Waals surface area (Å²) in [5, 5.41) is 4.54. The van der Waals surface area contributed by atoms with Crippen LogP contribution in [-0.2, 0) is 0 Å². The van der Waals surface area contributed by atoms with Gasteiger partial charge in [0.2, 0.25) is 0 Å². The van der Waals surface area contributed by atoms with Gasteiger partial charge in [-0.15, -0.1) is 0 Å². The quantitative estimate of drug-likeness (QED) is 0.763. The molecule has 14 heavy (non-hydrogen) atoms. The second-order valence-corrected chi connectivity index (χ2v) is 5.24. The molecule has 0 N–H and O–H groups in total. The predicted molar refractivity (Wildman–Crippen MR) is 66.2 cm³/mol.